The summed E-state index contributed by atoms with van der Waals surface area (Å²) in [6.45, 7) is 7.21. The van der Waals surface area contributed by atoms with E-state index in [4.69, 9.17) is 9.31 Å². The van der Waals surface area contributed by atoms with Gasteiger partial charge in [0.1, 0.15) is 5.82 Å². The standard InChI is InChI=1S/C21H25BF4N2O4S/c1-19(2)20(3,4)32-22(31-19)16-11-15(33(29,30)27-5)8-9-18(16)28-12-13-6-7-14(10-17(13)23)21(24,25)26/h6-11,27-28H,12H2,1-5H3. The summed E-state index contributed by atoms with van der Waals surface area (Å²) in [5.41, 5.74) is -1.73. The molecule has 0 aromatic heterocycles. The monoisotopic (exact) mass is 488 g/mol. The van der Waals surface area contributed by atoms with E-state index in [1.165, 1.54) is 25.2 Å². The minimum Gasteiger partial charge on any atom is -0.399 e. The normalized spacial score (nSPS) is 17.9. The van der Waals surface area contributed by atoms with Crippen LogP contribution in [0.15, 0.2) is 41.3 Å². The van der Waals surface area contributed by atoms with E-state index in [1.54, 1.807) is 0 Å². The first-order valence-corrected chi connectivity index (χ1v) is 11.6. The van der Waals surface area contributed by atoms with Gasteiger partial charge in [-0.2, -0.15) is 13.2 Å². The highest BCUT2D eigenvalue weighted by Crippen LogP contribution is 2.37. The van der Waals surface area contributed by atoms with Gasteiger partial charge in [0.15, 0.2) is 0 Å². The van der Waals surface area contributed by atoms with Crippen LogP contribution in [-0.2, 0) is 32.1 Å². The molecule has 0 amide bonds. The maximum Gasteiger partial charge on any atom is 0.497 e. The molecule has 1 aliphatic rings. The highest BCUT2D eigenvalue weighted by molar-refractivity contribution is 7.89. The van der Waals surface area contributed by atoms with Crippen molar-refractivity contribution in [3.8, 4) is 0 Å². The molecule has 0 spiro atoms. The number of hydrogen-bond acceptors (Lipinski definition) is 5. The molecule has 2 aromatic carbocycles. The Morgan fingerprint density at radius 3 is 2.12 bits per heavy atom. The lowest BCUT2D eigenvalue weighted by molar-refractivity contribution is -0.137. The summed E-state index contributed by atoms with van der Waals surface area (Å²) in [6, 6.07) is 6.52. The van der Waals surface area contributed by atoms with Crippen LogP contribution in [0.3, 0.4) is 0 Å². The number of nitrogens with one attached hydrogen (secondary N) is 2. The largest absolute Gasteiger partial charge is 0.497 e. The minimum absolute atomic E-state index is 0.00907. The maximum absolute atomic E-state index is 14.3. The first-order chi connectivity index (χ1) is 15.1. The fourth-order valence-electron chi connectivity index (χ4n) is 3.21. The van der Waals surface area contributed by atoms with Crippen molar-refractivity contribution < 1.29 is 35.3 Å². The average molecular weight is 488 g/mol. The van der Waals surface area contributed by atoms with Crippen LogP contribution in [0.4, 0.5) is 23.2 Å². The summed E-state index contributed by atoms with van der Waals surface area (Å²) in [7, 11) is -3.42. The van der Waals surface area contributed by atoms with E-state index in [1.807, 2.05) is 27.7 Å². The lowest BCUT2D eigenvalue weighted by Crippen LogP contribution is -2.41. The lowest BCUT2D eigenvalue weighted by atomic mass is 9.77. The van der Waals surface area contributed by atoms with Crippen molar-refractivity contribution in [3.05, 3.63) is 53.3 Å². The highest BCUT2D eigenvalue weighted by atomic mass is 32.2. The molecule has 1 heterocycles. The molecule has 0 aliphatic carbocycles. The number of hydrogen-bond donors (Lipinski definition) is 2. The molecular formula is C21H25BF4N2O4S. The molecule has 12 heteroatoms. The van der Waals surface area contributed by atoms with E-state index < -0.39 is 45.9 Å². The second-order valence-electron chi connectivity index (χ2n) is 8.70. The van der Waals surface area contributed by atoms with Gasteiger partial charge in [-0.25, -0.2) is 17.5 Å². The van der Waals surface area contributed by atoms with Gasteiger partial charge in [-0.05, 0) is 65.1 Å². The van der Waals surface area contributed by atoms with Crippen molar-refractivity contribution in [2.75, 3.05) is 12.4 Å². The number of sulfonamides is 1. The van der Waals surface area contributed by atoms with Gasteiger partial charge in [-0.3, -0.25) is 0 Å². The molecule has 2 aromatic rings. The van der Waals surface area contributed by atoms with E-state index in [2.05, 4.69) is 10.0 Å². The molecule has 0 unspecified atom stereocenters. The molecule has 0 radical (unpaired) electrons. The van der Waals surface area contributed by atoms with Crippen molar-refractivity contribution in [3.63, 3.8) is 0 Å². The summed E-state index contributed by atoms with van der Waals surface area (Å²) in [5.74, 6) is -1.01. The van der Waals surface area contributed by atoms with E-state index in [-0.39, 0.29) is 17.0 Å². The van der Waals surface area contributed by atoms with Gasteiger partial charge in [0.05, 0.1) is 21.7 Å². The van der Waals surface area contributed by atoms with Crippen LogP contribution in [0.25, 0.3) is 0 Å². The Labute approximate surface area is 190 Å². The maximum atomic E-state index is 14.3. The topological polar surface area (TPSA) is 76.7 Å². The van der Waals surface area contributed by atoms with Gasteiger partial charge < -0.3 is 14.6 Å². The van der Waals surface area contributed by atoms with Gasteiger partial charge >= 0.3 is 13.3 Å². The third-order valence-corrected chi connectivity index (χ3v) is 7.37. The summed E-state index contributed by atoms with van der Waals surface area (Å²) in [4.78, 5) is -0.0269. The second kappa shape index (κ2) is 8.57. The van der Waals surface area contributed by atoms with Crippen LogP contribution < -0.4 is 15.5 Å². The number of alkyl halides is 3. The molecule has 3 rings (SSSR count). The first kappa shape index (κ1) is 25.5. The van der Waals surface area contributed by atoms with E-state index in [9.17, 15) is 26.0 Å². The molecule has 1 aliphatic heterocycles. The van der Waals surface area contributed by atoms with E-state index in [0.717, 1.165) is 12.1 Å². The van der Waals surface area contributed by atoms with Crippen molar-refractivity contribution in [1.82, 2.24) is 4.72 Å². The zero-order valence-corrected chi connectivity index (χ0v) is 19.6. The van der Waals surface area contributed by atoms with Crippen molar-refractivity contribution >= 4 is 28.3 Å². The van der Waals surface area contributed by atoms with Crippen LogP contribution in [0.2, 0.25) is 0 Å². The predicted molar refractivity (Wildman–Crippen MR) is 117 cm³/mol. The zero-order chi connectivity index (χ0) is 24.8. The number of halogens is 4. The average Bonchev–Trinajstić information content (AvgIpc) is 2.93. The molecule has 2 N–H and O–H groups in total. The molecule has 0 saturated carbocycles. The van der Waals surface area contributed by atoms with Crippen molar-refractivity contribution in [2.24, 2.45) is 0 Å². The Kier molecular flexibility index (Phi) is 6.62. The molecule has 0 bridgehead atoms. The Hall–Kier alpha value is -2.15. The Morgan fingerprint density at radius 2 is 1.61 bits per heavy atom. The Morgan fingerprint density at radius 1 is 1.00 bits per heavy atom. The second-order valence-corrected chi connectivity index (χ2v) is 10.6. The zero-order valence-electron chi connectivity index (χ0n) is 18.8. The Balaban J connectivity index is 1.95. The number of anilines is 1. The fourth-order valence-corrected chi connectivity index (χ4v) is 3.97. The fraction of sp³-hybridized carbons (Fsp3) is 0.429. The summed E-state index contributed by atoms with van der Waals surface area (Å²) in [5, 5.41) is 2.96. The van der Waals surface area contributed by atoms with Gasteiger partial charge in [0.25, 0.3) is 0 Å². The summed E-state index contributed by atoms with van der Waals surface area (Å²) < 4.78 is 91.6. The smallest absolute Gasteiger partial charge is 0.399 e. The molecule has 1 fully saturated rings. The summed E-state index contributed by atoms with van der Waals surface area (Å²) in [6.07, 6.45) is -4.65. The predicted octanol–water partition coefficient (Wildman–Crippen LogP) is 3.66. The highest BCUT2D eigenvalue weighted by Gasteiger charge is 2.52. The van der Waals surface area contributed by atoms with Gasteiger partial charge in [-0.15, -0.1) is 0 Å². The molecule has 180 valence electrons. The quantitative estimate of drug-likeness (QED) is 0.480. The van der Waals surface area contributed by atoms with Gasteiger partial charge in [0.2, 0.25) is 10.0 Å². The van der Waals surface area contributed by atoms with Crippen molar-refractivity contribution in [2.45, 2.75) is 56.5 Å². The van der Waals surface area contributed by atoms with E-state index in [0.29, 0.717) is 17.2 Å². The molecule has 0 atom stereocenters. The third-order valence-electron chi connectivity index (χ3n) is 5.96. The van der Waals surface area contributed by atoms with Crippen molar-refractivity contribution in [1.29, 1.82) is 0 Å². The molecular weight excluding hydrogens is 463 g/mol. The molecule has 6 nitrogen and oxygen atoms in total. The number of benzene rings is 2. The third kappa shape index (κ3) is 5.18. The van der Waals surface area contributed by atoms with Crippen LogP contribution in [0.1, 0.15) is 38.8 Å². The Bertz CT molecular complexity index is 1140. The molecule has 33 heavy (non-hydrogen) atoms. The van der Waals surface area contributed by atoms with Crippen LogP contribution >= 0.6 is 0 Å². The van der Waals surface area contributed by atoms with Crippen LogP contribution in [0, 0.1) is 5.82 Å². The van der Waals surface area contributed by atoms with Gasteiger partial charge in [0, 0.05) is 23.3 Å². The van der Waals surface area contributed by atoms with Crippen LogP contribution in [-0.4, -0.2) is 33.8 Å². The van der Waals surface area contributed by atoms with E-state index >= 15 is 0 Å². The SMILES string of the molecule is CNS(=O)(=O)c1ccc(NCc2ccc(C(F)(F)F)cc2F)c(B2OC(C)(C)C(C)(C)O2)c1. The first-order valence-electron chi connectivity index (χ1n) is 10.1. The summed E-state index contributed by atoms with van der Waals surface area (Å²) >= 11 is 0. The molecule has 1 saturated heterocycles. The van der Waals surface area contributed by atoms with Crippen LogP contribution in [0.5, 0.6) is 0 Å². The van der Waals surface area contributed by atoms with Gasteiger partial charge in [-0.1, -0.05) is 6.07 Å². The number of rotatable bonds is 6. The lowest BCUT2D eigenvalue weighted by Gasteiger charge is -2.32. The minimum atomic E-state index is -4.65.